The van der Waals surface area contributed by atoms with Crippen molar-refractivity contribution in [2.75, 3.05) is 13.2 Å². The molecule has 6 nitrogen and oxygen atoms in total. The molecule has 4 heterocycles. The average molecular weight is 443 g/mol. The zero-order valence-corrected chi connectivity index (χ0v) is 17.9. The third-order valence-electron chi connectivity index (χ3n) is 4.37. The highest BCUT2D eigenvalue weighted by Crippen LogP contribution is 2.32. The molecule has 5 rings (SSSR count). The molecule has 0 bridgehead atoms. The topological polar surface area (TPSA) is 62.1 Å². The van der Waals surface area contributed by atoms with Gasteiger partial charge in [-0.25, -0.2) is 4.98 Å². The lowest BCUT2D eigenvalue weighted by molar-refractivity contribution is -0.0442. The number of benzene rings is 1. The lowest BCUT2D eigenvalue weighted by Gasteiger charge is -2.09. The van der Waals surface area contributed by atoms with E-state index in [1.54, 1.807) is 34.4 Å². The van der Waals surface area contributed by atoms with Gasteiger partial charge in [-0.05, 0) is 23.6 Å². The van der Waals surface area contributed by atoms with Crippen molar-refractivity contribution in [3.63, 3.8) is 0 Å². The Balaban J connectivity index is 1.37. The van der Waals surface area contributed by atoms with Crippen molar-refractivity contribution < 1.29 is 9.47 Å². The summed E-state index contributed by atoms with van der Waals surface area (Å²) in [6, 6.07) is 14.5. The molecule has 0 amide bonds. The van der Waals surface area contributed by atoms with E-state index < -0.39 is 0 Å². The molecule has 1 aliphatic heterocycles. The van der Waals surface area contributed by atoms with E-state index in [9.17, 15) is 0 Å². The summed E-state index contributed by atoms with van der Waals surface area (Å²) >= 11 is 5.03. The van der Waals surface area contributed by atoms with Crippen LogP contribution in [-0.2, 0) is 21.6 Å². The predicted molar refractivity (Wildman–Crippen MR) is 115 cm³/mol. The number of para-hydroxylation sites is 1. The van der Waals surface area contributed by atoms with Crippen LogP contribution in [0.5, 0.6) is 0 Å². The van der Waals surface area contributed by atoms with Crippen LogP contribution in [0.25, 0.3) is 5.69 Å². The fourth-order valence-corrected chi connectivity index (χ4v) is 5.66. The lowest BCUT2D eigenvalue weighted by Crippen LogP contribution is -2.03. The van der Waals surface area contributed by atoms with Crippen molar-refractivity contribution in [2.24, 2.45) is 0 Å². The van der Waals surface area contributed by atoms with E-state index in [-0.39, 0.29) is 6.29 Å². The van der Waals surface area contributed by atoms with E-state index in [4.69, 9.17) is 9.47 Å². The Labute approximate surface area is 180 Å². The smallest absolute Gasteiger partial charge is 0.211 e. The van der Waals surface area contributed by atoms with Gasteiger partial charge in [0.2, 0.25) is 6.29 Å². The number of rotatable bonds is 7. The second kappa shape index (κ2) is 8.76. The first-order valence-corrected chi connectivity index (χ1v) is 11.9. The highest BCUT2D eigenvalue weighted by Gasteiger charge is 2.22. The molecular formula is C20H18N4O2S3. The average Bonchev–Trinajstić information content (AvgIpc) is 3.54. The summed E-state index contributed by atoms with van der Waals surface area (Å²) in [5.74, 6) is 1.72. The Morgan fingerprint density at radius 3 is 2.69 bits per heavy atom. The van der Waals surface area contributed by atoms with Crippen LogP contribution < -0.4 is 0 Å². The Bertz CT molecular complexity index is 1060. The van der Waals surface area contributed by atoms with Crippen molar-refractivity contribution in [3.05, 3.63) is 74.6 Å². The van der Waals surface area contributed by atoms with Gasteiger partial charge in [0.05, 0.1) is 13.2 Å². The highest BCUT2D eigenvalue weighted by molar-refractivity contribution is 7.98. The largest absolute Gasteiger partial charge is 0.344 e. The van der Waals surface area contributed by atoms with E-state index in [2.05, 4.69) is 49.4 Å². The lowest BCUT2D eigenvalue weighted by atomic mass is 10.3. The molecule has 1 fully saturated rings. The summed E-state index contributed by atoms with van der Waals surface area (Å²) in [5, 5.41) is 12.8. The zero-order chi connectivity index (χ0) is 19.5. The van der Waals surface area contributed by atoms with Gasteiger partial charge in [0, 0.05) is 33.8 Å². The van der Waals surface area contributed by atoms with Crippen LogP contribution in [0.2, 0.25) is 0 Å². The maximum absolute atomic E-state index is 5.54. The van der Waals surface area contributed by atoms with Crippen molar-refractivity contribution in [1.82, 2.24) is 19.7 Å². The minimum atomic E-state index is -0.316. The number of nitrogens with zero attached hydrogens (tertiary/aromatic N) is 4. The molecule has 9 heteroatoms. The van der Waals surface area contributed by atoms with Gasteiger partial charge in [0.1, 0.15) is 10.8 Å². The fourth-order valence-electron chi connectivity index (χ4n) is 3.05. The zero-order valence-electron chi connectivity index (χ0n) is 15.4. The molecule has 0 aliphatic carbocycles. The molecule has 1 aliphatic rings. The number of hydrogen-bond acceptors (Lipinski definition) is 8. The molecule has 0 spiro atoms. The number of thiophene rings is 1. The quantitative estimate of drug-likeness (QED) is 0.386. The summed E-state index contributed by atoms with van der Waals surface area (Å²) in [5.41, 5.74) is 1.07. The van der Waals surface area contributed by atoms with E-state index in [0.29, 0.717) is 13.2 Å². The number of hydrogen-bond donors (Lipinski definition) is 0. The molecular weight excluding hydrogens is 424 g/mol. The van der Waals surface area contributed by atoms with E-state index >= 15 is 0 Å². The standard InChI is InChI=1S/C20H18N4O2S3/c1-2-5-14(6-3-1)24-17(11-15-7-4-10-27-15)22-23-20(24)28-13-16-12-21-18(29-16)19-25-8-9-26-19/h1-7,10,12,19H,8-9,11,13H2. The fraction of sp³-hybridized carbons (Fsp3) is 0.250. The number of ether oxygens (including phenoxy) is 2. The van der Waals surface area contributed by atoms with Crippen molar-refractivity contribution >= 4 is 34.4 Å². The monoisotopic (exact) mass is 442 g/mol. The molecule has 3 aromatic heterocycles. The van der Waals surface area contributed by atoms with Crippen LogP contribution in [0.4, 0.5) is 0 Å². The maximum atomic E-state index is 5.54. The second-order valence-electron chi connectivity index (χ2n) is 6.35. The Kier molecular flexibility index (Phi) is 5.73. The SMILES string of the molecule is c1ccc(-n2c(Cc3cccs3)nnc2SCc2cnc(C3OCCO3)s2)cc1. The van der Waals surface area contributed by atoms with E-state index in [0.717, 1.165) is 38.7 Å². The van der Waals surface area contributed by atoms with Gasteiger partial charge in [-0.2, -0.15) is 0 Å². The third-order valence-corrected chi connectivity index (χ3v) is 7.42. The van der Waals surface area contributed by atoms with Crippen molar-refractivity contribution in [2.45, 2.75) is 23.6 Å². The van der Waals surface area contributed by atoms with Crippen LogP contribution in [0.1, 0.15) is 26.9 Å². The molecule has 1 aromatic carbocycles. The third kappa shape index (κ3) is 4.29. The van der Waals surface area contributed by atoms with Crippen LogP contribution in [0, 0.1) is 0 Å². The first-order valence-electron chi connectivity index (χ1n) is 9.19. The maximum Gasteiger partial charge on any atom is 0.211 e. The summed E-state index contributed by atoms with van der Waals surface area (Å²) < 4.78 is 13.2. The van der Waals surface area contributed by atoms with E-state index in [1.807, 2.05) is 24.4 Å². The molecule has 1 saturated heterocycles. The van der Waals surface area contributed by atoms with Gasteiger partial charge in [-0.15, -0.1) is 32.9 Å². The Morgan fingerprint density at radius 1 is 1.03 bits per heavy atom. The summed E-state index contributed by atoms with van der Waals surface area (Å²) in [7, 11) is 0. The minimum absolute atomic E-state index is 0.316. The van der Waals surface area contributed by atoms with Gasteiger partial charge < -0.3 is 9.47 Å². The molecule has 0 unspecified atom stereocenters. The number of thioether (sulfide) groups is 1. The van der Waals surface area contributed by atoms with Crippen LogP contribution in [0.15, 0.2) is 59.2 Å². The second-order valence-corrected chi connectivity index (χ2v) is 9.47. The van der Waals surface area contributed by atoms with Gasteiger partial charge in [-0.3, -0.25) is 4.57 Å². The van der Waals surface area contributed by atoms with Crippen LogP contribution >= 0.6 is 34.4 Å². The van der Waals surface area contributed by atoms with Gasteiger partial charge >= 0.3 is 0 Å². The molecule has 0 atom stereocenters. The van der Waals surface area contributed by atoms with Gasteiger partial charge in [0.15, 0.2) is 5.16 Å². The number of thiazole rings is 1. The van der Waals surface area contributed by atoms with Gasteiger partial charge in [0.25, 0.3) is 0 Å². The molecule has 29 heavy (non-hydrogen) atoms. The summed E-state index contributed by atoms with van der Waals surface area (Å²) in [6.45, 7) is 1.25. The molecule has 4 aromatic rings. The molecule has 0 radical (unpaired) electrons. The summed E-state index contributed by atoms with van der Waals surface area (Å²) in [6.07, 6.45) is 2.35. The van der Waals surface area contributed by atoms with Gasteiger partial charge in [-0.1, -0.05) is 36.0 Å². The molecule has 148 valence electrons. The predicted octanol–water partition coefficient (Wildman–Crippen LogP) is 4.71. The first kappa shape index (κ1) is 19.0. The van der Waals surface area contributed by atoms with Crippen molar-refractivity contribution in [3.8, 4) is 5.69 Å². The normalized spacial score (nSPS) is 14.6. The first-order chi connectivity index (χ1) is 14.4. The van der Waals surface area contributed by atoms with Crippen LogP contribution in [0.3, 0.4) is 0 Å². The number of aromatic nitrogens is 4. The minimum Gasteiger partial charge on any atom is -0.344 e. The Hall–Kier alpha value is -2.04. The highest BCUT2D eigenvalue weighted by atomic mass is 32.2. The summed E-state index contributed by atoms with van der Waals surface area (Å²) in [4.78, 5) is 6.89. The van der Waals surface area contributed by atoms with Crippen LogP contribution in [-0.4, -0.2) is 33.0 Å². The van der Waals surface area contributed by atoms with Crippen molar-refractivity contribution in [1.29, 1.82) is 0 Å². The Morgan fingerprint density at radius 2 is 1.90 bits per heavy atom. The van der Waals surface area contributed by atoms with E-state index in [1.165, 1.54) is 4.88 Å². The molecule has 0 saturated carbocycles. The molecule has 0 N–H and O–H groups in total.